The van der Waals surface area contributed by atoms with Gasteiger partial charge in [-0.2, -0.15) is 0 Å². The molecule has 1 amide bonds. The van der Waals surface area contributed by atoms with Crippen LogP contribution < -0.4 is 14.4 Å². The Hall–Kier alpha value is -4.65. The summed E-state index contributed by atoms with van der Waals surface area (Å²) in [5, 5.41) is 2.09. The first-order valence-corrected chi connectivity index (χ1v) is 12.4. The summed E-state index contributed by atoms with van der Waals surface area (Å²) in [4.78, 5) is 39.7. The third-order valence-corrected chi connectivity index (χ3v) is 6.62. The van der Waals surface area contributed by atoms with Crippen molar-refractivity contribution in [3.63, 3.8) is 0 Å². The van der Waals surface area contributed by atoms with E-state index in [-0.39, 0.29) is 24.7 Å². The first-order valence-electron chi connectivity index (χ1n) is 12.4. The van der Waals surface area contributed by atoms with Crippen LogP contribution in [0.15, 0.2) is 91.0 Å². The van der Waals surface area contributed by atoms with Crippen LogP contribution in [0.3, 0.4) is 0 Å². The molecule has 1 heterocycles. The van der Waals surface area contributed by atoms with E-state index in [1.54, 1.807) is 60.5 Å². The molecule has 0 unspecified atom stereocenters. The number of nitrogens with zero attached hydrogens (tertiary/aromatic N) is 1. The zero-order valence-electron chi connectivity index (χ0n) is 21.1. The number of carbonyl (C=O) groups excluding carboxylic acids is 3. The summed E-state index contributed by atoms with van der Waals surface area (Å²) in [6.45, 7) is 1.72. The summed E-state index contributed by atoms with van der Waals surface area (Å²) in [6, 6.07) is 27.7. The van der Waals surface area contributed by atoms with E-state index in [1.807, 2.05) is 42.5 Å². The van der Waals surface area contributed by atoms with Crippen LogP contribution in [0.5, 0.6) is 17.2 Å². The molecule has 7 heteroatoms. The molecule has 1 aliphatic rings. The number of rotatable bonds is 8. The molecule has 0 aromatic heterocycles. The van der Waals surface area contributed by atoms with Gasteiger partial charge in [-0.3, -0.25) is 14.4 Å². The molecule has 192 valence electrons. The highest BCUT2D eigenvalue weighted by atomic mass is 16.5. The lowest BCUT2D eigenvalue weighted by Gasteiger charge is -2.18. The minimum absolute atomic E-state index is 0.0243. The van der Waals surface area contributed by atoms with Crippen LogP contribution in [0, 0.1) is 5.92 Å². The number of amides is 1. The summed E-state index contributed by atoms with van der Waals surface area (Å²) in [5.74, 6) is 0.302. The van der Waals surface area contributed by atoms with Crippen LogP contribution in [0.2, 0.25) is 0 Å². The average Bonchev–Trinajstić information content (AvgIpc) is 3.35. The Balaban J connectivity index is 1.21. The second kappa shape index (κ2) is 10.8. The number of hydrogen-bond donors (Lipinski definition) is 0. The van der Waals surface area contributed by atoms with Gasteiger partial charge in [0.05, 0.1) is 13.0 Å². The topological polar surface area (TPSA) is 82.1 Å². The van der Waals surface area contributed by atoms with Crippen molar-refractivity contribution >= 4 is 34.1 Å². The van der Waals surface area contributed by atoms with E-state index < -0.39 is 18.0 Å². The van der Waals surface area contributed by atoms with Gasteiger partial charge in [0, 0.05) is 29.6 Å². The Morgan fingerprint density at radius 2 is 1.55 bits per heavy atom. The molecule has 4 aromatic carbocycles. The van der Waals surface area contributed by atoms with Gasteiger partial charge in [-0.05, 0) is 66.9 Å². The minimum atomic E-state index is -0.967. The molecule has 7 nitrogen and oxygen atoms in total. The van der Waals surface area contributed by atoms with Crippen molar-refractivity contribution < 1.29 is 28.6 Å². The van der Waals surface area contributed by atoms with Crippen molar-refractivity contribution in [3.05, 3.63) is 96.6 Å². The molecule has 1 saturated heterocycles. The van der Waals surface area contributed by atoms with Crippen LogP contribution >= 0.6 is 0 Å². The number of methoxy groups -OCH3 is 1. The largest absolute Gasteiger partial charge is 0.497 e. The molecule has 5 rings (SSSR count). The average molecular weight is 510 g/mol. The predicted octanol–water partition coefficient (Wildman–Crippen LogP) is 5.81. The van der Waals surface area contributed by atoms with Crippen LogP contribution in [0.1, 0.15) is 23.7 Å². The smallest absolute Gasteiger partial charge is 0.312 e. The molecule has 0 aliphatic carbocycles. The number of fused-ring (bicyclic) bond motifs is 1. The number of ether oxygens (including phenoxy) is 3. The number of ketones is 1. The predicted molar refractivity (Wildman–Crippen MR) is 144 cm³/mol. The Kier molecular flexibility index (Phi) is 7.09. The molecule has 1 aliphatic heterocycles. The highest BCUT2D eigenvalue weighted by Gasteiger charge is 2.37. The van der Waals surface area contributed by atoms with E-state index in [1.165, 1.54) is 6.92 Å². The van der Waals surface area contributed by atoms with Gasteiger partial charge in [0.2, 0.25) is 11.7 Å². The minimum Gasteiger partial charge on any atom is -0.497 e. The fourth-order valence-electron chi connectivity index (χ4n) is 4.53. The maximum atomic E-state index is 12.8. The lowest BCUT2D eigenvalue weighted by molar-refractivity contribution is -0.151. The number of carbonyl (C=O) groups is 3. The Morgan fingerprint density at radius 1 is 0.868 bits per heavy atom. The van der Waals surface area contributed by atoms with E-state index in [0.29, 0.717) is 22.7 Å². The second-order valence-electron chi connectivity index (χ2n) is 9.15. The van der Waals surface area contributed by atoms with Crippen molar-refractivity contribution in [1.82, 2.24) is 0 Å². The quantitative estimate of drug-likeness (QED) is 0.220. The van der Waals surface area contributed by atoms with Crippen LogP contribution in [-0.2, 0) is 14.3 Å². The van der Waals surface area contributed by atoms with E-state index in [4.69, 9.17) is 14.2 Å². The SMILES string of the molecule is COc1ccc(C(=O)[C@H](C)OC(=O)[C@H]2CC(=O)N(c3ccc(Oc4cccc5ccccc45)cc3)C2)cc1. The number of Topliss-reactive ketones (excluding diaryl/α,β-unsaturated/α-hetero) is 1. The van der Waals surface area contributed by atoms with E-state index in [2.05, 4.69) is 0 Å². The maximum Gasteiger partial charge on any atom is 0.312 e. The van der Waals surface area contributed by atoms with Gasteiger partial charge in [0.15, 0.2) is 6.10 Å². The Bertz CT molecular complexity index is 1470. The van der Waals surface area contributed by atoms with E-state index >= 15 is 0 Å². The number of esters is 1. The second-order valence-corrected chi connectivity index (χ2v) is 9.15. The van der Waals surface area contributed by atoms with Gasteiger partial charge >= 0.3 is 5.97 Å². The van der Waals surface area contributed by atoms with Crippen molar-refractivity contribution in [2.45, 2.75) is 19.4 Å². The van der Waals surface area contributed by atoms with Gasteiger partial charge < -0.3 is 19.1 Å². The first kappa shape index (κ1) is 25.0. The highest BCUT2D eigenvalue weighted by molar-refractivity contribution is 6.02. The molecular formula is C31H27NO6. The molecule has 0 spiro atoms. The van der Waals surface area contributed by atoms with Crippen LogP contribution in [-0.4, -0.2) is 37.4 Å². The van der Waals surface area contributed by atoms with E-state index in [0.717, 1.165) is 16.5 Å². The van der Waals surface area contributed by atoms with Crippen LogP contribution in [0.4, 0.5) is 5.69 Å². The third kappa shape index (κ3) is 5.22. The van der Waals surface area contributed by atoms with E-state index in [9.17, 15) is 14.4 Å². The molecule has 0 saturated carbocycles. The van der Waals surface area contributed by atoms with Crippen LogP contribution in [0.25, 0.3) is 10.8 Å². The zero-order chi connectivity index (χ0) is 26.6. The van der Waals surface area contributed by atoms with Crippen molar-refractivity contribution in [1.29, 1.82) is 0 Å². The maximum absolute atomic E-state index is 12.8. The summed E-state index contributed by atoms with van der Waals surface area (Å²) in [6.07, 6.45) is -0.943. The lowest BCUT2D eigenvalue weighted by atomic mass is 10.1. The third-order valence-electron chi connectivity index (χ3n) is 6.62. The van der Waals surface area contributed by atoms with Crippen molar-refractivity contribution in [2.75, 3.05) is 18.6 Å². The van der Waals surface area contributed by atoms with Gasteiger partial charge in [0.1, 0.15) is 17.2 Å². The molecule has 2 atom stereocenters. The fourth-order valence-corrected chi connectivity index (χ4v) is 4.53. The van der Waals surface area contributed by atoms with Crippen molar-refractivity contribution in [3.8, 4) is 17.2 Å². The summed E-state index contributed by atoms with van der Waals surface area (Å²) < 4.78 is 16.6. The molecule has 38 heavy (non-hydrogen) atoms. The van der Waals surface area contributed by atoms with Gasteiger partial charge in [-0.1, -0.05) is 36.4 Å². The van der Waals surface area contributed by atoms with Gasteiger partial charge in [-0.25, -0.2) is 0 Å². The molecule has 4 aromatic rings. The first-order chi connectivity index (χ1) is 18.4. The summed E-state index contributed by atoms with van der Waals surface area (Å²) in [7, 11) is 1.54. The standard InChI is InChI=1S/C31H27NO6/c1-20(30(34)22-10-14-25(36-2)15-11-22)37-31(35)23-18-29(33)32(19-23)24-12-16-26(17-13-24)38-28-9-5-7-21-6-3-4-8-27(21)28/h3-17,20,23H,18-19H2,1-2H3/t20-,23-/m0/s1. The summed E-state index contributed by atoms with van der Waals surface area (Å²) in [5.41, 5.74) is 1.08. The highest BCUT2D eigenvalue weighted by Crippen LogP contribution is 2.32. The monoisotopic (exact) mass is 509 g/mol. The molecule has 0 N–H and O–H groups in total. The molecule has 1 fully saturated rings. The fraction of sp³-hybridized carbons (Fsp3) is 0.194. The Labute approximate surface area is 220 Å². The number of hydrogen-bond acceptors (Lipinski definition) is 6. The molecule has 0 bridgehead atoms. The molecule has 0 radical (unpaired) electrons. The molecular weight excluding hydrogens is 482 g/mol. The normalized spacial score (nSPS) is 15.8. The van der Waals surface area contributed by atoms with Gasteiger partial charge in [-0.15, -0.1) is 0 Å². The van der Waals surface area contributed by atoms with Crippen molar-refractivity contribution in [2.24, 2.45) is 5.92 Å². The number of anilines is 1. The Morgan fingerprint density at radius 3 is 2.29 bits per heavy atom. The lowest BCUT2D eigenvalue weighted by Crippen LogP contribution is -2.30. The van der Waals surface area contributed by atoms with Gasteiger partial charge in [0.25, 0.3) is 0 Å². The number of benzene rings is 4. The summed E-state index contributed by atoms with van der Waals surface area (Å²) >= 11 is 0. The zero-order valence-corrected chi connectivity index (χ0v) is 21.1.